The lowest BCUT2D eigenvalue weighted by atomic mass is 9.81. The smallest absolute Gasteiger partial charge is 0.251 e. The standard InChI is InChI=1S/C14H20N2O/c1-9-6-12(7-9)16-13-5-4-11(8-10(13)2)14(17)15-3/h4-5,8-9,12,16H,6-7H2,1-3H3,(H,15,17). The van der Waals surface area contributed by atoms with E-state index in [0.717, 1.165) is 22.7 Å². The molecule has 0 saturated heterocycles. The molecule has 2 rings (SSSR count). The highest BCUT2D eigenvalue weighted by Gasteiger charge is 2.25. The van der Waals surface area contributed by atoms with Crippen LogP contribution in [0.3, 0.4) is 0 Å². The zero-order valence-corrected chi connectivity index (χ0v) is 10.7. The van der Waals surface area contributed by atoms with Gasteiger partial charge in [-0.1, -0.05) is 6.92 Å². The van der Waals surface area contributed by atoms with Crippen LogP contribution in [0, 0.1) is 12.8 Å². The Morgan fingerprint density at radius 1 is 1.35 bits per heavy atom. The van der Waals surface area contributed by atoms with Crippen LogP contribution in [0.1, 0.15) is 35.7 Å². The van der Waals surface area contributed by atoms with E-state index >= 15 is 0 Å². The van der Waals surface area contributed by atoms with Gasteiger partial charge in [-0.05, 0) is 49.4 Å². The number of anilines is 1. The van der Waals surface area contributed by atoms with E-state index in [0.29, 0.717) is 6.04 Å². The molecule has 3 heteroatoms. The molecule has 0 unspecified atom stereocenters. The van der Waals surface area contributed by atoms with Crippen molar-refractivity contribution in [3.63, 3.8) is 0 Å². The minimum Gasteiger partial charge on any atom is -0.382 e. The predicted octanol–water partition coefficient (Wildman–Crippen LogP) is 2.57. The Morgan fingerprint density at radius 3 is 2.59 bits per heavy atom. The zero-order chi connectivity index (χ0) is 12.4. The van der Waals surface area contributed by atoms with Crippen molar-refractivity contribution in [1.29, 1.82) is 0 Å². The third kappa shape index (κ3) is 2.60. The fraction of sp³-hybridized carbons (Fsp3) is 0.500. The Labute approximate surface area is 103 Å². The van der Waals surface area contributed by atoms with Gasteiger partial charge in [0.2, 0.25) is 0 Å². The van der Waals surface area contributed by atoms with Crippen molar-refractivity contribution in [3.05, 3.63) is 29.3 Å². The van der Waals surface area contributed by atoms with Crippen molar-refractivity contribution in [2.75, 3.05) is 12.4 Å². The summed E-state index contributed by atoms with van der Waals surface area (Å²) >= 11 is 0. The molecule has 0 atom stereocenters. The normalized spacial score (nSPS) is 22.8. The summed E-state index contributed by atoms with van der Waals surface area (Å²) in [6.07, 6.45) is 2.49. The third-order valence-corrected chi connectivity index (χ3v) is 3.45. The molecule has 17 heavy (non-hydrogen) atoms. The second-order valence-electron chi connectivity index (χ2n) is 5.03. The highest BCUT2D eigenvalue weighted by molar-refractivity contribution is 5.94. The van der Waals surface area contributed by atoms with Gasteiger partial charge >= 0.3 is 0 Å². The van der Waals surface area contributed by atoms with Crippen LogP contribution in [0.4, 0.5) is 5.69 Å². The Hall–Kier alpha value is -1.51. The summed E-state index contributed by atoms with van der Waals surface area (Å²) in [7, 11) is 1.65. The van der Waals surface area contributed by atoms with E-state index in [-0.39, 0.29) is 5.91 Å². The molecule has 1 aromatic rings. The average molecular weight is 232 g/mol. The van der Waals surface area contributed by atoms with E-state index in [9.17, 15) is 4.79 Å². The number of carbonyl (C=O) groups is 1. The van der Waals surface area contributed by atoms with E-state index in [2.05, 4.69) is 17.6 Å². The van der Waals surface area contributed by atoms with Crippen molar-refractivity contribution in [3.8, 4) is 0 Å². The van der Waals surface area contributed by atoms with Crippen molar-refractivity contribution in [2.45, 2.75) is 32.7 Å². The molecule has 1 amide bonds. The molecule has 2 N–H and O–H groups in total. The minimum atomic E-state index is -0.0306. The first-order valence-corrected chi connectivity index (χ1v) is 6.19. The van der Waals surface area contributed by atoms with E-state index < -0.39 is 0 Å². The number of rotatable bonds is 3. The fourth-order valence-corrected chi connectivity index (χ4v) is 2.35. The van der Waals surface area contributed by atoms with Crippen molar-refractivity contribution in [1.82, 2.24) is 5.32 Å². The molecule has 3 nitrogen and oxygen atoms in total. The maximum absolute atomic E-state index is 11.5. The molecule has 1 fully saturated rings. The molecule has 0 aliphatic heterocycles. The lowest BCUT2D eigenvalue weighted by Crippen LogP contribution is -2.34. The summed E-state index contributed by atoms with van der Waals surface area (Å²) in [6, 6.07) is 6.41. The number of carbonyl (C=O) groups excluding carboxylic acids is 1. The molecule has 0 spiro atoms. The number of benzene rings is 1. The summed E-state index contributed by atoms with van der Waals surface area (Å²) < 4.78 is 0. The number of aryl methyl sites for hydroxylation is 1. The molecule has 1 aliphatic carbocycles. The summed E-state index contributed by atoms with van der Waals surface area (Å²) in [5, 5.41) is 6.17. The van der Waals surface area contributed by atoms with Crippen LogP contribution in [0.2, 0.25) is 0 Å². The van der Waals surface area contributed by atoms with Gasteiger partial charge in [-0.2, -0.15) is 0 Å². The maximum atomic E-state index is 11.5. The molecular formula is C14H20N2O. The van der Waals surface area contributed by atoms with E-state index in [4.69, 9.17) is 0 Å². The molecule has 1 aromatic carbocycles. The first-order chi connectivity index (χ1) is 8.10. The van der Waals surface area contributed by atoms with Gasteiger partial charge in [0.25, 0.3) is 5.91 Å². The molecule has 1 aliphatic rings. The third-order valence-electron chi connectivity index (χ3n) is 3.45. The maximum Gasteiger partial charge on any atom is 0.251 e. The fourth-order valence-electron chi connectivity index (χ4n) is 2.35. The van der Waals surface area contributed by atoms with Crippen molar-refractivity contribution in [2.24, 2.45) is 5.92 Å². The lowest BCUT2D eigenvalue weighted by Gasteiger charge is -2.34. The highest BCUT2D eigenvalue weighted by Crippen LogP contribution is 2.30. The van der Waals surface area contributed by atoms with Crippen LogP contribution in [0.25, 0.3) is 0 Å². The molecule has 1 saturated carbocycles. The van der Waals surface area contributed by atoms with Crippen LogP contribution >= 0.6 is 0 Å². The molecule has 0 aromatic heterocycles. The Morgan fingerprint density at radius 2 is 2.06 bits per heavy atom. The quantitative estimate of drug-likeness (QED) is 0.841. The Bertz CT molecular complexity index is 422. The number of nitrogens with one attached hydrogen (secondary N) is 2. The van der Waals surface area contributed by atoms with Gasteiger partial charge in [-0.3, -0.25) is 4.79 Å². The second-order valence-corrected chi connectivity index (χ2v) is 5.03. The second kappa shape index (κ2) is 4.78. The van der Waals surface area contributed by atoms with E-state index in [1.807, 2.05) is 25.1 Å². The average Bonchev–Trinajstić information content (AvgIpc) is 2.28. The molecule has 0 heterocycles. The van der Waals surface area contributed by atoms with Gasteiger partial charge in [0.15, 0.2) is 0 Å². The van der Waals surface area contributed by atoms with Gasteiger partial charge in [0.1, 0.15) is 0 Å². The van der Waals surface area contributed by atoms with E-state index in [1.54, 1.807) is 7.05 Å². The van der Waals surface area contributed by atoms with Crippen LogP contribution in [0.15, 0.2) is 18.2 Å². The molecular weight excluding hydrogens is 212 g/mol. The molecule has 0 bridgehead atoms. The number of hydrogen-bond acceptors (Lipinski definition) is 2. The summed E-state index contributed by atoms with van der Waals surface area (Å²) in [5.41, 5.74) is 3.00. The summed E-state index contributed by atoms with van der Waals surface area (Å²) in [6.45, 7) is 4.32. The first kappa shape index (κ1) is 12.0. The Kier molecular flexibility index (Phi) is 3.36. The van der Waals surface area contributed by atoms with E-state index in [1.165, 1.54) is 12.8 Å². The Balaban J connectivity index is 2.06. The van der Waals surface area contributed by atoms with Gasteiger partial charge in [0, 0.05) is 24.3 Å². The van der Waals surface area contributed by atoms with Crippen molar-refractivity contribution >= 4 is 11.6 Å². The topological polar surface area (TPSA) is 41.1 Å². The number of amides is 1. The van der Waals surface area contributed by atoms with Crippen LogP contribution in [-0.2, 0) is 0 Å². The highest BCUT2D eigenvalue weighted by atomic mass is 16.1. The SMILES string of the molecule is CNC(=O)c1ccc(NC2CC(C)C2)c(C)c1. The zero-order valence-electron chi connectivity index (χ0n) is 10.7. The monoisotopic (exact) mass is 232 g/mol. The predicted molar refractivity (Wildman–Crippen MR) is 70.4 cm³/mol. The summed E-state index contributed by atoms with van der Waals surface area (Å²) in [5.74, 6) is 0.815. The van der Waals surface area contributed by atoms with Gasteiger partial charge in [0.05, 0.1) is 0 Å². The lowest BCUT2D eigenvalue weighted by molar-refractivity contribution is 0.0963. The minimum absolute atomic E-state index is 0.0306. The van der Waals surface area contributed by atoms with Crippen LogP contribution < -0.4 is 10.6 Å². The van der Waals surface area contributed by atoms with Gasteiger partial charge in [-0.15, -0.1) is 0 Å². The van der Waals surface area contributed by atoms with Crippen LogP contribution in [0.5, 0.6) is 0 Å². The van der Waals surface area contributed by atoms with Crippen molar-refractivity contribution < 1.29 is 4.79 Å². The first-order valence-electron chi connectivity index (χ1n) is 6.19. The number of hydrogen-bond donors (Lipinski definition) is 2. The van der Waals surface area contributed by atoms with Gasteiger partial charge in [-0.25, -0.2) is 0 Å². The van der Waals surface area contributed by atoms with Crippen LogP contribution in [-0.4, -0.2) is 19.0 Å². The molecule has 92 valence electrons. The molecule has 0 radical (unpaired) electrons. The largest absolute Gasteiger partial charge is 0.382 e. The summed E-state index contributed by atoms with van der Waals surface area (Å²) in [4.78, 5) is 11.5. The van der Waals surface area contributed by atoms with Gasteiger partial charge < -0.3 is 10.6 Å².